The first-order valence-corrected chi connectivity index (χ1v) is 9.90. The number of ether oxygens (including phenoxy) is 1. The van der Waals surface area contributed by atoms with Gasteiger partial charge in [-0.1, -0.05) is 6.42 Å². The van der Waals surface area contributed by atoms with E-state index >= 15 is 0 Å². The van der Waals surface area contributed by atoms with E-state index in [0.29, 0.717) is 30.6 Å². The van der Waals surface area contributed by atoms with Crippen LogP contribution in [-0.4, -0.2) is 36.6 Å². The predicted octanol–water partition coefficient (Wildman–Crippen LogP) is 3.96. The maximum atomic E-state index is 14.8. The van der Waals surface area contributed by atoms with Crippen LogP contribution in [0.5, 0.6) is 5.75 Å². The van der Waals surface area contributed by atoms with Gasteiger partial charge in [-0.15, -0.1) is 0 Å². The quantitative estimate of drug-likeness (QED) is 0.637. The van der Waals surface area contributed by atoms with Crippen LogP contribution in [-0.2, 0) is 10.4 Å². The highest BCUT2D eigenvalue weighted by Crippen LogP contribution is 2.55. The topological polar surface area (TPSA) is 49.8 Å². The van der Waals surface area contributed by atoms with Crippen molar-refractivity contribution in [3.8, 4) is 5.75 Å². The largest absolute Gasteiger partial charge is 0.426 e. The van der Waals surface area contributed by atoms with Gasteiger partial charge in [-0.3, -0.25) is 4.79 Å². The van der Waals surface area contributed by atoms with E-state index in [-0.39, 0.29) is 17.5 Å². The number of halogens is 1. The number of hydrogen-bond acceptors (Lipinski definition) is 4. The second kappa shape index (κ2) is 7.17. The summed E-state index contributed by atoms with van der Waals surface area (Å²) in [5.74, 6) is 0.282. The van der Waals surface area contributed by atoms with Gasteiger partial charge in [0.25, 0.3) is 0 Å². The Morgan fingerprint density at radius 2 is 2.04 bits per heavy atom. The number of benzene rings is 1. The van der Waals surface area contributed by atoms with Crippen LogP contribution in [0.2, 0.25) is 0 Å². The second-order valence-corrected chi connectivity index (χ2v) is 9.72. The molecule has 0 aromatic heterocycles. The molecule has 4 nitrogen and oxygen atoms in total. The molecule has 1 N–H and O–H groups in total. The van der Waals surface area contributed by atoms with Gasteiger partial charge in [-0.05, 0) is 84.2 Å². The summed E-state index contributed by atoms with van der Waals surface area (Å²) in [6.07, 6.45) is 3.86. The molecule has 0 spiro atoms. The number of rotatable bonds is 4. The van der Waals surface area contributed by atoms with Crippen LogP contribution in [0.25, 0.3) is 0 Å². The van der Waals surface area contributed by atoms with Gasteiger partial charge in [-0.25, -0.2) is 4.39 Å². The Labute approximate surface area is 161 Å². The van der Waals surface area contributed by atoms with E-state index in [1.165, 1.54) is 18.2 Å². The number of esters is 1. The van der Waals surface area contributed by atoms with E-state index in [9.17, 15) is 14.3 Å². The molecule has 2 aliphatic rings. The minimum Gasteiger partial charge on any atom is -0.426 e. The van der Waals surface area contributed by atoms with Gasteiger partial charge in [0, 0.05) is 18.0 Å². The highest BCUT2D eigenvalue weighted by molar-refractivity contribution is 5.77. The molecule has 2 saturated carbocycles. The van der Waals surface area contributed by atoms with Crippen molar-refractivity contribution in [2.45, 2.75) is 52.1 Å². The summed E-state index contributed by atoms with van der Waals surface area (Å²) in [5.41, 5.74) is -1.61. The van der Waals surface area contributed by atoms with E-state index in [0.717, 1.165) is 19.3 Å². The normalized spacial score (nSPS) is 30.6. The zero-order valence-electron chi connectivity index (χ0n) is 17.1. The van der Waals surface area contributed by atoms with Gasteiger partial charge in [0.2, 0.25) is 0 Å². The van der Waals surface area contributed by atoms with Crippen molar-refractivity contribution in [2.24, 2.45) is 23.2 Å². The molecular weight excluding hydrogens is 345 g/mol. The lowest BCUT2D eigenvalue weighted by Crippen LogP contribution is -2.48. The van der Waals surface area contributed by atoms with Crippen LogP contribution in [0.3, 0.4) is 0 Å². The molecule has 2 bridgehead atoms. The summed E-state index contributed by atoms with van der Waals surface area (Å²) in [6, 6.07) is 4.30. The Balaban J connectivity index is 1.97. The van der Waals surface area contributed by atoms with Crippen molar-refractivity contribution in [3.63, 3.8) is 0 Å². The molecule has 0 radical (unpaired) electrons. The summed E-state index contributed by atoms with van der Waals surface area (Å²) in [5, 5.41) is 11.7. The first-order chi connectivity index (χ1) is 12.5. The average molecular weight is 378 g/mol. The zero-order chi connectivity index (χ0) is 20.0. The molecule has 1 aromatic carbocycles. The molecule has 3 rings (SSSR count). The van der Waals surface area contributed by atoms with Gasteiger partial charge in [-0.2, -0.15) is 0 Å². The molecule has 150 valence electrons. The van der Waals surface area contributed by atoms with E-state index < -0.39 is 16.8 Å². The molecule has 0 aliphatic heterocycles. The third-order valence-corrected chi connectivity index (χ3v) is 6.15. The molecule has 2 aliphatic carbocycles. The van der Waals surface area contributed by atoms with Crippen molar-refractivity contribution < 1.29 is 19.0 Å². The van der Waals surface area contributed by atoms with Crippen LogP contribution in [0.1, 0.15) is 52.0 Å². The van der Waals surface area contributed by atoms with Crippen molar-refractivity contribution >= 4 is 5.97 Å². The Bertz CT molecular complexity index is 712. The lowest BCUT2D eigenvalue weighted by molar-refractivity contribution is -0.143. The van der Waals surface area contributed by atoms with Gasteiger partial charge < -0.3 is 14.7 Å². The molecule has 4 unspecified atom stereocenters. The van der Waals surface area contributed by atoms with Gasteiger partial charge in [0.15, 0.2) is 0 Å². The predicted molar refractivity (Wildman–Crippen MR) is 103 cm³/mol. The van der Waals surface area contributed by atoms with Crippen molar-refractivity contribution in [3.05, 3.63) is 29.6 Å². The highest BCUT2D eigenvalue weighted by atomic mass is 19.1. The minimum absolute atomic E-state index is 0.0330. The monoisotopic (exact) mass is 377 g/mol. The Morgan fingerprint density at radius 1 is 1.33 bits per heavy atom. The third-order valence-electron chi connectivity index (χ3n) is 6.15. The van der Waals surface area contributed by atoms with E-state index in [1.54, 1.807) is 20.8 Å². The third kappa shape index (κ3) is 4.04. The summed E-state index contributed by atoms with van der Waals surface area (Å²) in [6.45, 7) is 6.04. The molecule has 0 amide bonds. The maximum absolute atomic E-state index is 14.8. The SMILES string of the molecule is CN(C)CC1C2CCC(C2)CC1(O)c1cc(OC(=O)C(C)(C)C)ccc1F. The molecule has 2 fully saturated rings. The number of nitrogens with zero attached hydrogens (tertiary/aromatic N) is 1. The molecular formula is C22H32FNO3. The summed E-state index contributed by atoms with van der Waals surface area (Å²) in [7, 11) is 3.97. The lowest BCUT2D eigenvalue weighted by Gasteiger charge is -2.45. The molecule has 0 heterocycles. The standard InChI is InChI=1S/C22H32FNO3/c1-21(2,3)20(25)27-16-8-9-19(23)17(11-16)22(26)12-14-6-7-15(10-14)18(22)13-24(4)5/h8-9,11,14-15,18,26H,6-7,10,12-13H2,1-5H3. The molecule has 27 heavy (non-hydrogen) atoms. The first kappa shape index (κ1) is 20.3. The Morgan fingerprint density at radius 3 is 2.67 bits per heavy atom. The molecule has 4 atom stereocenters. The van der Waals surface area contributed by atoms with E-state index in [4.69, 9.17) is 4.74 Å². The van der Waals surface area contributed by atoms with Gasteiger partial charge >= 0.3 is 5.97 Å². The maximum Gasteiger partial charge on any atom is 0.316 e. The fraction of sp³-hybridized carbons (Fsp3) is 0.682. The van der Waals surface area contributed by atoms with E-state index in [2.05, 4.69) is 4.90 Å². The number of hydrogen-bond donors (Lipinski definition) is 1. The van der Waals surface area contributed by atoms with Crippen LogP contribution in [0.15, 0.2) is 18.2 Å². The van der Waals surface area contributed by atoms with Crippen LogP contribution in [0, 0.1) is 29.0 Å². The summed E-state index contributed by atoms with van der Waals surface area (Å²) >= 11 is 0. The van der Waals surface area contributed by atoms with E-state index in [1.807, 2.05) is 14.1 Å². The molecule has 1 aromatic rings. The first-order valence-electron chi connectivity index (χ1n) is 9.90. The summed E-state index contributed by atoms with van der Waals surface area (Å²) in [4.78, 5) is 14.3. The van der Waals surface area contributed by atoms with Crippen molar-refractivity contribution in [2.75, 3.05) is 20.6 Å². The fourth-order valence-electron chi connectivity index (χ4n) is 4.81. The number of aliphatic hydroxyl groups is 1. The van der Waals surface area contributed by atoms with Crippen molar-refractivity contribution in [1.29, 1.82) is 0 Å². The molecule has 5 heteroatoms. The average Bonchev–Trinajstić information content (AvgIpc) is 2.95. The number of fused-ring (bicyclic) bond motifs is 2. The highest BCUT2D eigenvalue weighted by Gasteiger charge is 2.52. The van der Waals surface area contributed by atoms with Crippen LogP contribution < -0.4 is 4.74 Å². The number of carbonyl (C=O) groups excluding carboxylic acids is 1. The second-order valence-electron chi connectivity index (χ2n) is 9.72. The molecule has 0 saturated heterocycles. The number of carbonyl (C=O) groups is 1. The zero-order valence-corrected chi connectivity index (χ0v) is 17.1. The Kier molecular flexibility index (Phi) is 5.39. The van der Waals surface area contributed by atoms with Gasteiger partial charge in [0.05, 0.1) is 11.0 Å². The van der Waals surface area contributed by atoms with Gasteiger partial charge in [0.1, 0.15) is 11.6 Å². The smallest absolute Gasteiger partial charge is 0.316 e. The van der Waals surface area contributed by atoms with Crippen molar-refractivity contribution in [1.82, 2.24) is 4.90 Å². The summed E-state index contributed by atoms with van der Waals surface area (Å²) < 4.78 is 20.3. The Hall–Kier alpha value is -1.46. The fourth-order valence-corrected chi connectivity index (χ4v) is 4.81. The minimum atomic E-state index is -1.23. The lowest BCUT2D eigenvalue weighted by atomic mass is 9.65. The van der Waals surface area contributed by atoms with Crippen LogP contribution >= 0.6 is 0 Å². The van der Waals surface area contributed by atoms with Crippen LogP contribution in [0.4, 0.5) is 4.39 Å².